The first-order chi connectivity index (χ1) is 19.5. The maximum Gasteiger partial charge on any atom is 0.349 e. The second-order valence-corrected chi connectivity index (χ2v) is 9.73. The molecule has 1 aliphatic heterocycles. The number of aliphatic hydroxyl groups excluding tert-OH is 2. The van der Waals surface area contributed by atoms with Crippen molar-refractivity contribution in [2.24, 2.45) is 0 Å². The quantitative estimate of drug-likeness (QED) is 0.302. The Balaban J connectivity index is 1.46. The average molecular weight is 543 g/mol. The van der Waals surface area contributed by atoms with E-state index in [0.717, 1.165) is 5.56 Å². The molecule has 0 bridgehead atoms. The molecule has 3 N–H and O–H groups in total. The minimum absolute atomic E-state index is 0.0269. The van der Waals surface area contributed by atoms with Crippen molar-refractivity contribution in [2.45, 2.75) is 30.7 Å². The Hall–Kier alpha value is -4.67. The van der Waals surface area contributed by atoms with Crippen LogP contribution >= 0.6 is 0 Å². The van der Waals surface area contributed by atoms with Gasteiger partial charge in [-0.15, -0.1) is 0 Å². The predicted molar refractivity (Wildman–Crippen MR) is 143 cm³/mol. The molecule has 2 amide bonds. The molecule has 2 aromatic carbocycles. The van der Waals surface area contributed by atoms with E-state index in [2.05, 4.69) is 5.32 Å². The van der Waals surface area contributed by atoms with Gasteiger partial charge >= 0.3 is 5.63 Å². The van der Waals surface area contributed by atoms with Gasteiger partial charge < -0.3 is 34.0 Å². The number of fused-ring (bicyclic) bond motifs is 4. The van der Waals surface area contributed by atoms with E-state index >= 15 is 0 Å². The monoisotopic (exact) mass is 542 g/mol. The van der Waals surface area contributed by atoms with Crippen molar-refractivity contribution in [2.75, 3.05) is 13.2 Å². The lowest BCUT2D eigenvalue weighted by atomic mass is 9.77. The maximum absolute atomic E-state index is 14.1. The van der Waals surface area contributed by atoms with Crippen LogP contribution in [-0.2, 0) is 11.3 Å². The molecular formula is C30H26N2O8. The fourth-order valence-electron chi connectivity index (χ4n) is 5.45. The zero-order valence-electron chi connectivity index (χ0n) is 21.2. The molecular weight excluding hydrogens is 516 g/mol. The maximum atomic E-state index is 14.1. The lowest BCUT2D eigenvalue weighted by molar-refractivity contribution is -0.118. The predicted octanol–water partition coefficient (Wildman–Crippen LogP) is 2.35. The number of rotatable bonds is 7. The van der Waals surface area contributed by atoms with E-state index < -0.39 is 41.6 Å². The van der Waals surface area contributed by atoms with Crippen molar-refractivity contribution < 1.29 is 33.4 Å². The highest BCUT2D eigenvalue weighted by Gasteiger charge is 2.50. The molecule has 204 valence electrons. The van der Waals surface area contributed by atoms with Crippen LogP contribution < -0.4 is 15.7 Å². The third kappa shape index (κ3) is 4.47. The molecule has 2 aromatic heterocycles. The fraction of sp³-hybridized carbons (Fsp3) is 0.233. The van der Waals surface area contributed by atoms with Gasteiger partial charge in [-0.05, 0) is 30.3 Å². The Bertz CT molecular complexity index is 1660. The number of nitrogens with one attached hydrogen (secondary N) is 1. The molecule has 4 atom stereocenters. The Morgan fingerprint density at radius 2 is 1.85 bits per heavy atom. The zero-order chi connectivity index (χ0) is 27.8. The summed E-state index contributed by atoms with van der Waals surface area (Å²) in [6.07, 6.45) is 2.33. The van der Waals surface area contributed by atoms with Crippen LogP contribution in [0.4, 0.5) is 0 Å². The molecule has 10 nitrogen and oxygen atoms in total. The number of carbonyl (C=O) groups excluding carboxylic acids is 2. The summed E-state index contributed by atoms with van der Waals surface area (Å²) in [5, 5.41) is 24.2. The van der Waals surface area contributed by atoms with Gasteiger partial charge in [0.1, 0.15) is 29.1 Å². The molecule has 0 saturated carbocycles. The first-order valence-corrected chi connectivity index (χ1v) is 12.9. The van der Waals surface area contributed by atoms with Crippen molar-refractivity contribution in [3.63, 3.8) is 0 Å². The number of benzene rings is 2. The van der Waals surface area contributed by atoms with Crippen LogP contribution in [0.25, 0.3) is 11.0 Å². The third-order valence-corrected chi connectivity index (χ3v) is 7.30. The number of para-hydroxylation sites is 2. The topological polar surface area (TPSA) is 142 Å². The first kappa shape index (κ1) is 25.6. The highest BCUT2D eigenvalue weighted by Crippen LogP contribution is 2.47. The van der Waals surface area contributed by atoms with Gasteiger partial charge in [-0.3, -0.25) is 9.59 Å². The van der Waals surface area contributed by atoms with Gasteiger partial charge in [0.15, 0.2) is 0 Å². The van der Waals surface area contributed by atoms with E-state index in [0.29, 0.717) is 22.3 Å². The van der Waals surface area contributed by atoms with E-state index in [1.807, 2.05) is 12.1 Å². The Kier molecular flexibility index (Phi) is 6.71. The Labute approximate surface area is 228 Å². The summed E-state index contributed by atoms with van der Waals surface area (Å²) in [7, 11) is 0. The van der Waals surface area contributed by atoms with Crippen molar-refractivity contribution in [1.29, 1.82) is 0 Å². The molecule has 0 radical (unpaired) electrons. The van der Waals surface area contributed by atoms with Gasteiger partial charge in [0.05, 0.1) is 31.1 Å². The smallest absolute Gasteiger partial charge is 0.349 e. The Morgan fingerprint density at radius 1 is 1.05 bits per heavy atom. The number of carbonyl (C=O) groups is 2. The minimum atomic E-state index is -1.25. The van der Waals surface area contributed by atoms with Gasteiger partial charge in [-0.1, -0.05) is 36.4 Å². The average Bonchev–Trinajstić information content (AvgIpc) is 3.63. The van der Waals surface area contributed by atoms with Gasteiger partial charge in [0, 0.05) is 35.2 Å². The molecule has 4 aromatic rings. The summed E-state index contributed by atoms with van der Waals surface area (Å²) in [5.41, 5.74) is 0.937. The van der Waals surface area contributed by atoms with Crippen molar-refractivity contribution in [3.05, 3.63) is 112 Å². The second kappa shape index (κ2) is 10.5. The Morgan fingerprint density at radius 3 is 2.65 bits per heavy atom. The lowest BCUT2D eigenvalue weighted by Crippen LogP contribution is -2.55. The van der Waals surface area contributed by atoms with E-state index in [1.165, 1.54) is 23.5 Å². The number of hydrogen-bond donors (Lipinski definition) is 3. The summed E-state index contributed by atoms with van der Waals surface area (Å²) in [6.45, 7) is -0.260. The SMILES string of the molecule is O=C(NCCO)C1=CC(N(Cc2ccoc2)C(=O)c2cc3ccccc3oc2=O)C(O)C2Oc3ccccc3C12. The number of nitrogens with zero attached hydrogens (tertiary/aromatic N) is 1. The second-order valence-electron chi connectivity index (χ2n) is 9.73. The molecule has 0 spiro atoms. The molecule has 3 heterocycles. The van der Waals surface area contributed by atoms with Crippen LogP contribution in [0.1, 0.15) is 27.4 Å². The number of hydrogen-bond acceptors (Lipinski definition) is 8. The zero-order valence-corrected chi connectivity index (χ0v) is 21.2. The number of amides is 2. The van der Waals surface area contributed by atoms with Gasteiger partial charge in [0.25, 0.3) is 5.91 Å². The summed E-state index contributed by atoms with van der Waals surface area (Å²) in [5.74, 6) is -1.22. The van der Waals surface area contributed by atoms with Crippen LogP contribution in [0.3, 0.4) is 0 Å². The summed E-state index contributed by atoms with van der Waals surface area (Å²) in [4.78, 5) is 41.7. The van der Waals surface area contributed by atoms with Crippen LogP contribution in [0.2, 0.25) is 0 Å². The molecule has 2 aliphatic rings. The van der Waals surface area contributed by atoms with Crippen molar-refractivity contribution in [1.82, 2.24) is 10.2 Å². The lowest BCUT2D eigenvalue weighted by Gasteiger charge is -2.40. The molecule has 4 unspecified atom stereocenters. The van der Waals surface area contributed by atoms with Crippen LogP contribution in [-0.4, -0.2) is 58.3 Å². The first-order valence-electron chi connectivity index (χ1n) is 12.9. The van der Waals surface area contributed by atoms with E-state index in [-0.39, 0.29) is 30.8 Å². The van der Waals surface area contributed by atoms with Crippen LogP contribution in [0, 0.1) is 0 Å². The van der Waals surface area contributed by atoms with E-state index in [1.54, 1.807) is 48.5 Å². The third-order valence-electron chi connectivity index (χ3n) is 7.30. The molecule has 1 aliphatic carbocycles. The molecule has 0 fully saturated rings. The largest absolute Gasteiger partial charge is 0.486 e. The van der Waals surface area contributed by atoms with Gasteiger partial charge in [-0.25, -0.2) is 4.79 Å². The minimum Gasteiger partial charge on any atom is -0.486 e. The molecule has 40 heavy (non-hydrogen) atoms. The van der Waals surface area contributed by atoms with Crippen LogP contribution in [0.5, 0.6) is 5.75 Å². The normalized spacial score (nSPS) is 21.2. The summed E-state index contributed by atoms with van der Waals surface area (Å²) >= 11 is 0. The molecule has 6 rings (SSSR count). The van der Waals surface area contributed by atoms with E-state index in [9.17, 15) is 24.6 Å². The highest BCUT2D eigenvalue weighted by atomic mass is 16.5. The molecule has 0 saturated heterocycles. The molecule has 10 heteroatoms. The number of ether oxygens (including phenoxy) is 1. The van der Waals surface area contributed by atoms with Crippen molar-refractivity contribution in [3.8, 4) is 5.75 Å². The summed E-state index contributed by atoms with van der Waals surface area (Å²) < 4.78 is 16.8. The number of aliphatic hydroxyl groups is 2. The van der Waals surface area contributed by atoms with Gasteiger partial charge in [0.2, 0.25) is 5.91 Å². The van der Waals surface area contributed by atoms with Gasteiger partial charge in [-0.2, -0.15) is 0 Å². The number of furan rings is 1. The van der Waals surface area contributed by atoms with Crippen molar-refractivity contribution >= 4 is 22.8 Å². The van der Waals surface area contributed by atoms with Crippen LogP contribution in [0.15, 0.2) is 98.5 Å². The standard InChI is InChI=1S/C30H26N2O8/c33-11-10-31-28(35)20-14-22(26(34)27-25(20)19-6-2-4-8-24(19)39-27)32(15-17-9-12-38-16-17)29(36)21-13-18-5-1-3-7-23(18)40-30(21)37/h1-9,12-14,16,22,25-27,33-34H,10-11,15H2,(H,31,35). The highest BCUT2D eigenvalue weighted by molar-refractivity contribution is 5.98. The fourth-order valence-corrected chi connectivity index (χ4v) is 5.45. The summed E-state index contributed by atoms with van der Waals surface area (Å²) in [6, 6.07) is 16.1. The van der Waals surface area contributed by atoms with E-state index in [4.69, 9.17) is 13.6 Å².